The van der Waals surface area contributed by atoms with Crippen molar-refractivity contribution >= 4 is 11.9 Å². The fraction of sp³-hybridized carbons (Fsp3) is 0.312. The van der Waals surface area contributed by atoms with Gasteiger partial charge >= 0.3 is 12.3 Å². The van der Waals surface area contributed by atoms with E-state index in [0.29, 0.717) is 5.76 Å². The summed E-state index contributed by atoms with van der Waals surface area (Å²) in [5.74, 6) is -1.12. The van der Waals surface area contributed by atoms with Crippen LogP contribution in [0.1, 0.15) is 33.5 Å². The third-order valence-corrected chi connectivity index (χ3v) is 3.05. The molecule has 0 atom stereocenters. The summed E-state index contributed by atoms with van der Waals surface area (Å²) in [4.78, 5) is 23.4. The van der Waals surface area contributed by atoms with Crippen molar-refractivity contribution in [3.05, 3.63) is 47.3 Å². The molecule has 0 saturated heterocycles. The van der Waals surface area contributed by atoms with Gasteiger partial charge in [0.2, 0.25) is 0 Å². The van der Waals surface area contributed by atoms with Crippen molar-refractivity contribution in [3.8, 4) is 5.75 Å². The van der Waals surface area contributed by atoms with Gasteiger partial charge in [0, 0.05) is 24.6 Å². The van der Waals surface area contributed by atoms with Crippen LogP contribution in [0.2, 0.25) is 0 Å². The van der Waals surface area contributed by atoms with Crippen molar-refractivity contribution < 1.29 is 36.8 Å². The molecule has 7 nitrogen and oxygen atoms in total. The maximum atomic E-state index is 12.1. The zero-order valence-corrected chi connectivity index (χ0v) is 13.6. The van der Waals surface area contributed by atoms with Gasteiger partial charge in [0.25, 0.3) is 5.91 Å². The van der Waals surface area contributed by atoms with E-state index in [4.69, 9.17) is 9.26 Å². The van der Waals surface area contributed by atoms with Crippen molar-refractivity contribution in [2.45, 2.75) is 19.7 Å². The van der Waals surface area contributed by atoms with E-state index in [1.165, 1.54) is 18.2 Å². The fourth-order valence-electron chi connectivity index (χ4n) is 1.94. The molecular formula is C16H15F3N2O5. The molecule has 10 heteroatoms. The summed E-state index contributed by atoms with van der Waals surface area (Å²) < 4.78 is 49.7. The fourth-order valence-corrected chi connectivity index (χ4v) is 1.94. The SMILES string of the molecule is CCOC(=O)c1cc(CCNC(=O)c2ccc(OC(F)(F)F)cc2)on1. The number of nitrogens with one attached hydrogen (secondary N) is 1. The van der Waals surface area contributed by atoms with Gasteiger partial charge in [0.05, 0.1) is 6.61 Å². The van der Waals surface area contributed by atoms with Crippen LogP contribution in [0.15, 0.2) is 34.9 Å². The summed E-state index contributed by atoms with van der Waals surface area (Å²) in [7, 11) is 0. The highest BCUT2D eigenvalue weighted by atomic mass is 19.4. The van der Waals surface area contributed by atoms with Crippen molar-refractivity contribution in [1.29, 1.82) is 0 Å². The average molecular weight is 372 g/mol. The highest BCUT2D eigenvalue weighted by molar-refractivity contribution is 5.94. The van der Waals surface area contributed by atoms with Gasteiger partial charge in [-0.05, 0) is 31.2 Å². The predicted octanol–water partition coefficient (Wildman–Crippen LogP) is 2.72. The van der Waals surface area contributed by atoms with E-state index >= 15 is 0 Å². The number of nitrogens with zero attached hydrogens (tertiary/aromatic N) is 1. The number of hydrogen-bond donors (Lipinski definition) is 1. The standard InChI is InChI=1S/C16H15F3N2O5/c1-2-24-15(23)13-9-12(26-21-13)7-8-20-14(22)10-3-5-11(6-4-10)25-16(17,18)19/h3-6,9H,2,7-8H2,1H3,(H,20,22). The van der Waals surface area contributed by atoms with Gasteiger partial charge in [-0.15, -0.1) is 13.2 Å². The monoisotopic (exact) mass is 372 g/mol. The average Bonchev–Trinajstić information content (AvgIpc) is 3.03. The number of carbonyl (C=O) groups excluding carboxylic acids is 2. The molecular weight excluding hydrogens is 357 g/mol. The first-order valence-electron chi connectivity index (χ1n) is 7.55. The van der Waals surface area contributed by atoms with Gasteiger partial charge in [0.15, 0.2) is 5.69 Å². The van der Waals surface area contributed by atoms with Crippen LogP contribution in [0, 0.1) is 0 Å². The van der Waals surface area contributed by atoms with E-state index in [-0.39, 0.29) is 30.8 Å². The molecule has 0 aliphatic heterocycles. The molecule has 1 amide bonds. The molecule has 1 aromatic carbocycles. The number of amides is 1. The number of esters is 1. The van der Waals surface area contributed by atoms with E-state index < -0.39 is 24.0 Å². The minimum atomic E-state index is -4.79. The summed E-state index contributed by atoms with van der Waals surface area (Å²) in [5.41, 5.74) is 0.206. The van der Waals surface area contributed by atoms with E-state index in [1.807, 2.05) is 0 Å². The van der Waals surface area contributed by atoms with Crippen molar-refractivity contribution in [1.82, 2.24) is 10.5 Å². The zero-order valence-electron chi connectivity index (χ0n) is 13.6. The Labute approximate surface area is 146 Å². The van der Waals surface area contributed by atoms with E-state index in [0.717, 1.165) is 12.1 Å². The Morgan fingerprint density at radius 2 is 1.92 bits per heavy atom. The first-order valence-corrected chi connectivity index (χ1v) is 7.55. The first kappa shape index (κ1) is 19.3. The minimum Gasteiger partial charge on any atom is -0.461 e. The number of carbonyl (C=O) groups is 2. The lowest BCUT2D eigenvalue weighted by Crippen LogP contribution is -2.25. The highest BCUT2D eigenvalue weighted by Gasteiger charge is 2.31. The van der Waals surface area contributed by atoms with Crippen molar-refractivity contribution in [2.24, 2.45) is 0 Å². The summed E-state index contributed by atoms with van der Waals surface area (Å²) in [5, 5.41) is 6.13. The lowest BCUT2D eigenvalue weighted by atomic mass is 10.2. The second-order valence-corrected chi connectivity index (χ2v) is 4.98. The Bertz CT molecular complexity index is 756. The Balaban J connectivity index is 1.82. The summed E-state index contributed by atoms with van der Waals surface area (Å²) in [6.07, 6.45) is -4.52. The van der Waals surface area contributed by atoms with Crippen LogP contribution in [-0.4, -0.2) is 36.5 Å². The Morgan fingerprint density at radius 3 is 2.54 bits per heavy atom. The summed E-state index contributed by atoms with van der Waals surface area (Å²) >= 11 is 0. The minimum absolute atomic E-state index is 0.0356. The lowest BCUT2D eigenvalue weighted by molar-refractivity contribution is -0.274. The van der Waals surface area contributed by atoms with Gasteiger partial charge in [0.1, 0.15) is 11.5 Å². The van der Waals surface area contributed by atoms with Crippen molar-refractivity contribution in [3.63, 3.8) is 0 Å². The maximum absolute atomic E-state index is 12.1. The van der Waals surface area contributed by atoms with Crippen LogP contribution in [0.3, 0.4) is 0 Å². The second-order valence-electron chi connectivity index (χ2n) is 4.98. The number of aromatic nitrogens is 1. The van der Waals surface area contributed by atoms with Crippen LogP contribution < -0.4 is 10.1 Å². The Hall–Kier alpha value is -3.04. The molecule has 26 heavy (non-hydrogen) atoms. The third kappa shape index (κ3) is 5.80. The van der Waals surface area contributed by atoms with Gasteiger partial charge < -0.3 is 19.3 Å². The quantitative estimate of drug-likeness (QED) is 0.752. The van der Waals surface area contributed by atoms with Gasteiger partial charge in [-0.3, -0.25) is 4.79 Å². The topological polar surface area (TPSA) is 90.7 Å². The largest absolute Gasteiger partial charge is 0.573 e. The summed E-state index contributed by atoms with van der Waals surface area (Å²) in [6, 6.07) is 5.93. The molecule has 0 aliphatic carbocycles. The summed E-state index contributed by atoms with van der Waals surface area (Å²) in [6.45, 7) is 2.05. The molecule has 2 rings (SSSR count). The maximum Gasteiger partial charge on any atom is 0.573 e. The highest BCUT2D eigenvalue weighted by Crippen LogP contribution is 2.22. The molecule has 1 aromatic heterocycles. The predicted molar refractivity (Wildman–Crippen MR) is 81.6 cm³/mol. The molecule has 0 spiro atoms. The number of hydrogen-bond acceptors (Lipinski definition) is 6. The number of rotatable bonds is 7. The molecule has 1 heterocycles. The van der Waals surface area contributed by atoms with E-state index in [2.05, 4.69) is 15.2 Å². The molecule has 0 unspecified atom stereocenters. The number of benzene rings is 1. The van der Waals surface area contributed by atoms with Crippen LogP contribution in [0.5, 0.6) is 5.75 Å². The van der Waals surface area contributed by atoms with Crippen LogP contribution >= 0.6 is 0 Å². The number of alkyl halides is 3. The zero-order chi connectivity index (χ0) is 19.2. The molecule has 0 radical (unpaired) electrons. The Morgan fingerprint density at radius 1 is 1.23 bits per heavy atom. The van der Waals surface area contributed by atoms with Gasteiger partial charge in [-0.2, -0.15) is 0 Å². The Kier molecular flexibility index (Phi) is 6.21. The van der Waals surface area contributed by atoms with Crippen LogP contribution in [0.4, 0.5) is 13.2 Å². The molecule has 2 aromatic rings. The van der Waals surface area contributed by atoms with Gasteiger partial charge in [-0.1, -0.05) is 5.16 Å². The third-order valence-electron chi connectivity index (χ3n) is 3.05. The van der Waals surface area contributed by atoms with Gasteiger partial charge in [-0.25, -0.2) is 4.79 Å². The normalized spacial score (nSPS) is 11.1. The van der Waals surface area contributed by atoms with E-state index in [1.54, 1.807) is 6.92 Å². The molecule has 0 aliphatic rings. The molecule has 1 N–H and O–H groups in total. The van der Waals surface area contributed by atoms with Crippen LogP contribution in [-0.2, 0) is 11.2 Å². The first-order chi connectivity index (χ1) is 12.3. The second kappa shape index (κ2) is 8.37. The lowest BCUT2D eigenvalue weighted by Gasteiger charge is -2.09. The van der Waals surface area contributed by atoms with Crippen molar-refractivity contribution in [2.75, 3.05) is 13.2 Å². The molecule has 0 saturated carbocycles. The number of halogens is 3. The number of ether oxygens (including phenoxy) is 2. The van der Waals surface area contributed by atoms with Crippen LogP contribution in [0.25, 0.3) is 0 Å². The van der Waals surface area contributed by atoms with E-state index in [9.17, 15) is 22.8 Å². The molecule has 0 fully saturated rings. The molecule has 140 valence electrons. The smallest absolute Gasteiger partial charge is 0.461 e. The molecule has 0 bridgehead atoms.